The number of hydrogen-bond acceptors (Lipinski definition) is 6. The minimum Gasteiger partial charge on any atom is -0.493 e. The van der Waals surface area contributed by atoms with Gasteiger partial charge in [-0.3, -0.25) is 4.90 Å². The summed E-state index contributed by atoms with van der Waals surface area (Å²) in [6.45, 7) is 6.05. The minimum atomic E-state index is 0.619. The first-order chi connectivity index (χ1) is 12.6. The van der Waals surface area contributed by atoms with E-state index < -0.39 is 0 Å². The molecule has 0 saturated carbocycles. The van der Waals surface area contributed by atoms with Crippen molar-refractivity contribution >= 4 is 11.3 Å². The van der Waals surface area contributed by atoms with Gasteiger partial charge in [0.15, 0.2) is 11.5 Å². The van der Waals surface area contributed by atoms with Gasteiger partial charge in [-0.05, 0) is 50.0 Å². The van der Waals surface area contributed by atoms with Crippen molar-refractivity contribution < 1.29 is 13.9 Å². The highest BCUT2D eigenvalue weighted by atomic mass is 32.1. The summed E-state index contributed by atoms with van der Waals surface area (Å²) in [4.78, 5) is 7.92. The Morgan fingerprint density at radius 1 is 1.19 bits per heavy atom. The Hall–Kier alpha value is -2.31. The van der Waals surface area contributed by atoms with Crippen LogP contribution in [0.2, 0.25) is 0 Å². The van der Waals surface area contributed by atoms with Crippen molar-refractivity contribution in [2.75, 3.05) is 20.8 Å². The van der Waals surface area contributed by atoms with E-state index in [1.54, 1.807) is 18.4 Å². The van der Waals surface area contributed by atoms with Crippen molar-refractivity contribution in [3.8, 4) is 22.3 Å². The Kier molecular flexibility index (Phi) is 5.96. The fraction of sp³-hybridized carbons (Fsp3) is 0.350. The van der Waals surface area contributed by atoms with Crippen LogP contribution in [-0.4, -0.2) is 30.6 Å². The predicted molar refractivity (Wildman–Crippen MR) is 104 cm³/mol. The average Bonchev–Trinajstić information content (AvgIpc) is 3.27. The van der Waals surface area contributed by atoms with Crippen LogP contribution in [0.3, 0.4) is 0 Å². The van der Waals surface area contributed by atoms with E-state index in [1.807, 2.05) is 43.5 Å². The first-order valence-corrected chi connectivity index (χ1v) is 9.47. The first kappa shape index (κ1) is 18.5. The molecule has 26 heavy (non-hydrogen) atoms. The number of ether oxygens (including phenoxy) is 2. The average molecular weight is 372 g/mol. The number of rotatable bonds is 8. The number of nitrogens with zero attached hydrogens (tertiary/aromatic N) is 2. The third kappa shape index (κ3) is 4.26. The maximum Gasteiger partial charge on any atom is 0.236 e. The second-order valence-corrected chi connectivity index (χ2v) is 7.04. The Bertz CT molecular complexity index is 843. The van der Waals surface area contributed by atoms with Gasteiger partial charge in [0.2, 0.25) is 5.89 Å². The highest BCUT2D eigenvalue weighted by Gasteiger charge is 2.14. The van der Waals surface area contributed by atoms with Gasteiger partial charge in [-0.2, -0.15) is 0 Å². The molecule has 3 rings (SSSR count). The van der Waals surface area contributed by atoms with Gasteiger partial charge in [0, 0.05) is 13.1 Å². The number of hydrogen-bond donors (Lipinski definition) is 0. The van der Waals surface area contributed by atoms with Crippen LogP contribution in [0.1, 0.15) is 23.9 Å². The van der Waals surface area contributed by atoms with E-state index in [0.29, 0.717) is 12.5 Å². The molecule has 5 nitrogen and oxygen atoms in total. The lowest BCUT2D eigenvalue weighted by atomic mass is 10.2. The standard InChI is InChI=1S/C20H24N2O3S/c1-5-24-17-9-8-15(11-18(17)23-4)12-22(3)13-16-14(2)25-20(21-16)19-7-6-10-26-19/h6-11H,5,12-13H2,1-4H3. The van der Waals surface area contributed by atoms with Crippen LogP contribution in [0.15, 0.2) is 40.1 Å². The number of oxazole rings is 1. The lowest BCUT2D eigenvalue weighted by molar-refractivity contribution is 0.303. The van der Waals surface area contributed by atoms with E-state index in [9.17, 15) is 0 Å². The van der Waals surface area contributed by atoms with E-state index in [1.165, 1.54) is 0 Å². The highest BCUT2D eigenvalue weighted by molar-refractivity contribution is 7.13. The van der Waals surface area contributed by atoms with Crippen LogP contribution in [0.4, 0.5) is 0 Å². The summed E-state index contributed by atoms with van der Waals surface area (Å²) in [5.74, 6) is 3.10. The quantitative estimate of drug-likeness (QED) is 0.571. The molecule has 0 aliphatic heterocycles. The molecule has 6 heteroatoms. The van der Waals surface area contributed by atoms with Gasteiger partial charge >= 0.3 is 0 Å². The molecule has 0 saturated heterocycles. The van der Waals surface area contributed by atoms with Crippen molar-refractivity contribution in [2.24, 2.45) is 0 Å². The van der Waals surface area contributed by atoms with Crippen LogP contribution < -0.4 is 9.47 Å². The molecule has 138 valence electrons. The maximum absolute atomic E-state index is 5.83. The Labute approximate surface area is 158 Å². The van der Waals surface area contributed by atoms with Crippen molar-refractivity contribution in [1.29, 1.82) is 0 Å². The molecule has 0 atom stereocenters. The number of benzene rings is 1. The van der Waals surface area contributed by atoms with Crippen LogP contribution in [0, 0.1) is 6.92 Å². The Morgan fingerprint density at radius 2 is 2.04 bits per heavy atom. The lowest BCUT2D eigenvalue weighted by Crippen LogP contribution is -2.18. The van der Waals surface area contributed by atoms with E-state index in [0.717, 1.165) is 46.5 Å². The predicted octanol–water partition coefficient (Wildman–Crippen LogP) is 4.75. The number of methoxy groups -OCH3 is 1. The summed E-state index contributed by atoms with van der Waals surface area (Å²) >= 11 is 1.63. The van der Waals surface area contributed by atoms with Crippen molar-refractivity contribution in [3.63, 3.8) is 0 Å². The zero-order valence-electron chi connectivity index (χ0n) is 15.6. The molecule has 0 radical (unpaired) electrons. The second kappa shape index (κ2) is 8.38. The zero-order valence-corrected chi connectivity index (χ0v) is 16.4. The molecule has 0 aliphatic carbocycles. The molecule has 3 aromatic rings. The molecule has 0 unspecified atom stereocenters. The molecule has 0 N–H and O–H groups in total. The molecule has 2 heterocycles. The SMILES string of the molecule is CCOc1ccc(CN(C)Cc2nc(-c3cccs3)oc2C)cc1OC. The summed E-state index contributed by atoms with van der Waals surface area (Å²) < 4.78 is 16.8. The molecule has 1 aromatic carbocycles. The second-order valence-electron chi connectivity index (χ2n) is 6.09. The lowest BCUT2D eigenvalue weighted by Gasteiger charge is -2.17. The van der Waals surface area contributed by atoms with E-state index >= 15 is 0 Å². The summed E-state index contributed by atoms with van der Waals surface area (Å²) in [6, 6.07) is 10.1. The summed E-state index contributed by atoms with van der Waals surface area (Å²) in [5, 5.41) is 2.03. The van der Waals surface area contributed by atoms with Crippen molar-refractivity contribution in [3.05, 3.63) is 52.7 Å². The van der Waals surface area contributed by atoms with Gasteiger partial charge in [-0.15, -0.1) is 11.3 Å². The molecular weight excluding hydrogens is 348 g/mol. The largest absolute Gasteiger partial charge is 0.493 e. The molecule has 0 bridgehead atoms. The van der Waals surface area contributed by atoms with E-state index in [4.69, 9.17) is 13.9 Å². The molecule has 0 fully saturated rings. The highest BCUT2D eigenvalue weighted by Crippen LogP contribution is 2.29. The summed E-state index contributed by atoms with van der Waals surface area (Å²) in [6.07, 6.45) is 0. The summed E-state index contributed by atoms with van der Waals surface area (Å²) in [7, 11) is 3.73. The Balaban J connectivity index is 1.68. The van der Waals surface area contributed by atoms with Gasteiger partial charge in [0.1, 0.15) is 5.76 Å². The molecule has 0 aliphatic rings. The van der Waals surface area contributed by atoms with Gasteiger partial charge in [-0.1, -0.05) is 12.1 Å². The van der Waals surface area contributed by atoms with Crippen LogP contribution in [0.25, 0.3) is 10.8 Å². The monoisotopic (exact) mass is 372 g/mol. The van der Waals surface area contributed by atoms with Crippen LogP contribution in [-0.2, 0) is 13.1 Å². The Morgan fingerprint density at radius 3 is 2.73 bits per heavy atom. The summed E-state index contributed by atoms with van der Waals surface area (Å²) in [5.41, 5.74) is 2.13. The molecular formula is C20H24N2O3S. The van der Waals surface area contributed by atoms with Gasteiger partial charge < -0.3 is 13.9 Å². The zero-order chi connectivity index (χ0) is 18.5. The fourth-order valence-electron chi connectivity index (χ4n) is 2.79. The smallest absolute Gasteiger partial charge is 0.236 e. The molecule has 0 amide bonds. The third-order valence-corrected chi connectivity index (χ3v) is 4.88. The van der Waals surface area contributed by atoms with Gasteiger partial charge in [0.25, 0.3) is 0 Å². The minimum absolute atomic E-state index is 0.619. The van der Waals surface area contributed by atoms with Crippen molar-refractivity contribution in [1.82, 2.24) is 9.88 Å². The third-order valence-electron chi connectivity index (χ3n) is 4.02. The molecule has 0 spiro atoms. The van der Waals surface area contributed by atoms with Gasteiger partial charge in [-0.25, -0.2) is 4.98 Å². The fourth-order valence-corrected chi connectivity index (χ4v) is 3.44. The van der Waals surface area contributed by atoms with Crippen molar-refractivity contribution in [2.45, 2.75) is 26.9 Å². The number of aryl methyl sites for hydroxylation is 1. The molecule has 2 aromatic heterocycles. The van der Waals surface area contributed by atoms with Gasteiger partial charge in [0.05, 0.1) is 24.3 Å². The maximum atomic E-state index is 5.83. The normalized spacial score (nSPS) is 11.1. The van der Waals surface area contributed by atoms with Crippen LogP contribution in [0.5, 0.6) is 11.5 Å². The topological polar surface area (TPSA) is 47.7 Å². The first-order valence-electron chi connectivity index (χ1n) is 8.59. The van der Waals surface area contributed by atoms with Crippen LogP contribution >= 0.6 is 11.3 Å². The number of aromatic nitrogens is 1. The van der Waals surface area contributed by atoms with E-state index in [-0.39, 0.29) is 0 Å². The van der Waals surface area contributed by atoms with E-state index in [2.05, 4.69) is 23.0 Å². The number of thiophene rings is 1.